The molecule has 2 aliphatic heterocycles. The van der Waals surface area contributed by atoms with Crippen molar-refractivity contribution in [2.45, 2.75) is 29.8 Å². The quantitative estimate of drug-likeness (QED) is 0.264. The predicted octanol–water partition coefficient (Wildman–Crippen LogP) is 3.61. The number of ether oxygens (including phenoxy) is 5. The molecule has 0 radical (unpaired) electrons. The van der Waals surface area contributed by atoms with Crippen molar-refractivity contribution < 1.29 is 43.2 Å². The van der Waals surface area contributed by atoms with E-state index in [-0.39, 0.29) is 34.4 Å². The van der Waals surface area contributed by atoms with Crippen LogP contribution in [0.25, 0.3) is 10.9 Å². The van der Waals surface area contributed by atoms with E-state index in [0.717, 1.165) is 0 Å². The molecule has 0 unspecified atom stereocenters. The second kappa shape index (κ2) is 11.2. The van der Waals surface area contributed by atoms with Gasteiger partial charge in [-0.05, 0) is 31.0 Å². The SMILES string of the molecule is COC(=O)[C@]1(C)Nc2c(OC(=O)N(C)C)cc3c(c2[C@H]1O)C[C@H](Br)CN3C(=O)c1cc2cc(OC)c(OC)c(OC)c2[nH]1. The predicted molar refractivity (Wildman–Crippen MR) is 161 cm³/mol. The minimum atomic E-state index is -1.56. The summed E-state index contributed by atoms with van der Waals surface area (Å²) in [5.41, 5.74) is 0.897. The molecule has 13 nitrogen and oxygen atoms in total. The van der Waals surface area contributed by atoms with E-state index in [1.54, 1.807) is 18.2 Å². The first kappa shape index (κ1) is 30.3. The number of benzene rings is 2. The molecular weight excluding hydrogens is 628 g/mol. The number of hydrogen-bond acceptors (Lipinski definition) is 10. The number of alkyl halides is 1. The van der Waals surface area contributed by atoms with Gasteiger partial charge in [-0.1, -0.05) is 15.9 Å². The molecule has 0 saturated carbocycles. The van der Waals surface area contributed by atoms with E-state index in [4.69, 9.17) is 23.7 Å². The fourth-order valence-electron chi connectivity index (χ4n) is 5.63. The van der Waals surface area contributed by atoms with Gasteiger partial charge in [-0.25, -0.2) is 9.59 Å². The molecule has 14 heteroatoms. The van der Waals surface area contributed by atoms with E-state index in [2.05, 4.69) is 26.2 Å². The van der Waals surface area contributed by atoms with E-state index < -0.39 is 23.7 Å². The molecule has 2 aliphatic rings. The lowest BCUT2D eigenvalue weighted by Gasteiger charge is -2.34. The maximum atomic E-state index is 14.2. The molecule has 0 saturated heterocycles. The highest BCUT2D eigenvalue weighted by Crippen LogP contribution is 2.53. The number of H-pyrrole nitrogens is 1. The van der Waals surface area contributed by atoms with Crippen LogP contribution in [-0.2, 0) is 16.0 Å². The number of aliphatic hydroxyl groups excluding tert-OH is 1. The van der Waals surface area contributed by atoms with Crippen molar-refractivity contribution in [3.05, 3.63) is 35.0 Å². The molecule has 230 valence electrons. The Morgan fingerprint density at radius 1 is 1.05 bits per heavy atom. The van der Waals surface area contributed by atoms with E-state index >= 15 is 0 Å². The smallest absolute Gasteiger partial charge is 0.414 e. The summed E-state index contributed by atoms with van der Waals surface area (Å²) in [6.45, 7) is 1.77. The number of amides is 2. The lowest BCUT2D eigenvalue weighted by molar-refractivity contribution is -0.149. The van der Waals surface area contributed by atoms with Crippen LogP contribution in [0.3, 0.4) is 0 Å². The number of fused-ring (bicyclic) bond motifs is 4. The summed E-state index contributed by atoms with van der Waals surface area (Å²) in [6, 6.07) is 5.00. The van der Waals surface area contributed by atoms with Gasteiger partial charge >= 0.3 is 12.1 Å². The largest absolute Gasteiger partial charge is 0.493 e. The van der Waals surface area contributed by atoms with Gasteiger partial charge in [-0.3, -0.25) is 4.79 Å². The van der Waals surface area contributed by atoms with Crippen LogP contribution >= 0.6 is 15.9 Å². The summed E-state index contributed by atoms with van der Waals surface area (Å²) in [5, 5.41) is 15.2. The number of halogens is 1. The summed E-state index contributed by atoms with van der Waals surface area (Å²) >= 11 is 3.67. The number of hydrogen-bond donors (Lipinski definition) is 3. The van der Waals surface area contributed by atoms with Gasteiger partial charge in [0, 0.05) is 42.5 Å². The topological polar surface area (TPSA) is 152 Å². The van der Waals surface area contributed by atoms with Crippen LogP contribution in [-0.4, -0.2) is 92.4 Å². The molecule has 2 aromatic carbocycles. The van der Waals surface area contributed by atoms with Gasteiger partial charge in [0.1, 0.15) is 11.8 Å². The standard InChI is InChI=1S/C29H33BrN4O9/c1-29(27(37)42-7)25(35)20-15-10-14(30)12-34(17(15)11-18(22(20)32-29)43-28(38)33(2)3)26(36)16-8-13-9-19(39-4)23(40-5)24(41-6)21(13)31-16/h8-9,11,14,25,31-32,35H,10,12H2,1-7H3/t14-,25+,29+/m0/s1. The number of nitrogens with zero attached hydrogens (tertiary/aromatic N) is 2. The van der Waals surface area contributed by atoms with Gasteiger partial charge in [0.05, 0.1) is 45.3 Å². The molecular formula is C29H33BrN4O9. The molecule has 5 rings (SSSR count). The summed E-state index contributed by atoms with van der Waals surface area (Å²) in [4.78, 5) is 45.4. The summed E-state index contributed by atoms with van der Waals surface area (Å²) in [5.74, 6) is 0.152. The van der Waals surface area contributed by atoms with Crippen LogP contribution in [0.2, 0.25) is 0 Å². The number of esters is 1. The highest BCUT2D eigenvalue weighted by Gasteiger charge is 2.52. The molecule has 3 atom stereocenters. The first-order valence-corrected chi connectivity index (χ1v) is 14.2. The van der Waals surface area contributed by atoms with Gasteiger partial charge in [-0.15, -0.1) is 0 Å². The Hall–Kier alpha value is -4.17. The number of aromatic amines is 1. The van der Waals surface area contributed by atoms with Crippen LogP contribution < -0.4 is 29.2 Å². The van der Waals surface area contributed by atoms with E-state index in [9.17, 15) is 19.5 Å². The van der Waals surface area contributed by atoms with Gasteiger partial charge in [0.25, 0.3) is 5.91 Å². The zero-order valence-electron chi connectivity index (χ0n) is 24.8. The third kappa shape index (κ3) is 4.78. The van der Waals surface area contributed by atoms with Crippen molar-refractivity contribution in [3.63, 3.8) is 0 Å². The Bertz CT molecular complexity index is 1640. The molecule has 0 spiro atoms. The molecule has 3 aromatic rings. The molecule has 0 fully saturated rings. The maximum Gasteiger partial charge on any atom is 0.414 e. The van der Waals surface area contributed by atoms with Crippen LogP contribution in [0.1, 0.15) is 34.6 Å². The second-order valence-electron chi connectivity index (χ2n) is 10.7. The fourth-order valence-corrected chi connectivity index (χ4v) is 6.24. The zero-order valence-corrected chi connectivity index (χ0v) is 26.4. The molecule has 1 aromatic heterocycles. The average Bonchev–Trinajstić information content (AvgIpc) is 3.54. The highest BCUT2D eigenvalue weighted by atomic mass is 79.9. The van der Waals surface area contributed by atoms with Crippen LogP contribution in [0.4, 0.5) is 16.2 Å². The second-order valence-corrected chi connectivity index (χ2v) is 11.9. The summed E-state index contributed by atoms with van der Waals surface area (Å²) in [7, 11) is 8.78. The van der Waals surface area contributed by atoms with Crippen molar-refractivity contribution in [1.29, 1.82) is 0 Å². The Morgan fingerprint density at radius 3 is 2.35 bits per heavy atom. The van der Waals surface area contributed by atoms with E-state index in [1.165, 1.54) is 59.3 Å². The monoisotopic (exact) mass is 660 g/mol. The normalized spacial score (nSPS) is 20.5. The molecule has 0 aliphatic carbocycles. The Balaban J connectivity index is 1.67. The summed E-state index contributed by atoms with van der Waals surface area (Å²) < 4.78 is 27.2. The minimum absolute atomic E-state index is 0.0535. The molecule has 3 heterocycles. The molecule has 2 amide bonds. The van der Waals surface area contributed by atoms with Crippen LogP contribution in [0.15, 0.2) is 18.2 Å². The highest BCUT2D eigenvalue weighted by molar-refractivity contribution is 9.09. The third-order valence-electron chi connectivity index (χ3n) is 7.79. The van der Waals surface area contributed by atoms with Crippen molar-refractivity contribution in [1.82, 2.24) is 9.88 Å². The number of rotatable bonds is 6. The number of aromatic nitrogens is 1. The van der Waals surface area contributed by atoms with Crippen molar-refractivity contribution in [2.75, 3.05) is 59.3 Å². The number of anilines is 2. The lowest BCUT2D eigenvalue weighted by Crippen LogP contribution is -2.46. The molecule has 3 N–H and O–H groups in total. The fraction of sp³-hybridized carbons (Fsp3) is 0.414. The van der Waals surface area contributed by atoms with Gasteiger partial charge in [-0.2, -0.15) is 0 Å². The average molecular weight is 662 g/mol. The van der Waals surface area contributed by atoms with Crippen molar-refractivity contribution in [3.8, 4) is 23.0 Å². The van der Waals surface area contributed by atoms with Gasteiger partial charge in [0.15, 0.2) is 22.8 Å². The van der Waals surface area contributed by atoms with Gasteiger partial charge < -0.3 is 48.9 Å². The number of carbonyl (C=O) groups excluding carboxylic acids is 3. The Morgan fingerprint density at radius 2 is 1.74 bits per heavy atom. The minimum Gasteiger partial charge on any atom is -0.493 e. The number of aliphatic hydroxyl groups is 1. The van der Waals surface area contributed by atoms with Crippen molar-refractivity contribution >= 4 is 56.2 Å². The van der Waals surface area contributed by atoms with Crippen LogP contribution in [0, 0.1) is 0 Å². The van der Waals surface area contributed by atoms with Crippen molar-refractivity contribution in [2.24, 2.45) is 0 Å². The van der Waals surface area contributed by atoms with Gasteiger partial charge in [0.2, 0.25) is 5.75 Å². The molecule has 43 heavy (non-hydrogen) atoms. The first-order chi connectivity index (χ1) is 20.4. The lowest BCUT2D eigenvalue weighted by atomic mass is 9.87. The molecule has 0 bridgehead atoms. The summed E-state index contributed by atoms with van der Waals surface area (Å²) in [6.07, 6.45) is -1.62. The maximum absolute atomic E-state index is 14.2. The van der Waals surface area contributed by atoms with E-state index in [0.29, 0.717) is 51.4 Å². The number of nitrogens with one attached hydrogen (secondary N) is 2. The first-order valence-electron chi connectivity index (χ1n) is 13.3. The Labute approximate surface area is 256 Å². The number of methoxy groups -OCH3 is 4. The zero-order chi connectivity index (χ0) is 31.4. The van der Waals surface area contributed by atoms with E-state index in [1.807, 2.05) is 0 Å². The third-order valence-corrected chi connectivity index (χ3v) is 8.40. The Kier molecular flexibility index (Phi) is 7.86. The van der Waals surface area contributed by atoms with Crippen LogP contribution in [0.5, 0.6) is 23.0 Å². The number of carbonyl (C=O) groups is 3.